The van der Waals surface area contributed by atoms with Crippen LogP contribution in [0.1, 0.15) is 11.1 Å². The number of hydrogen-bond acceptors (Lipinski definition) is 10. The summed E-state index contributed by atoms with van der Waals surface area (Å²) in [4.78, 5) is 19.8. The summed E-state index contributed by atoms with van der Waals surface area (Å²) in [6.07, 6.45) is 0. The lowest BCUT2D eigenvalue weighted by Gasteiger charge is -2.44. The van der Waals surface area contributed by atoms with Gasteiger partial charge in [0.1, 0.15) is 23.0 Å². The monoisotopic (exact) mass is 1950 g/mol. The van der Waals surface area contributed by atoms with Gasteiger partial charge in [-0.1, -0.05) is 373 Å². The summed E-state index contributed by atoms with van der Waals surface area (Å²) in [6, 6.07) is 192. The van der Waals surface area contributed by atoms with Crippen LogP contribution in [-0.2, 0) is 0 Å². The Bertz CT molecular complexity index is 8970. The highest BCUT2D eigenvalue weighted by Gasteiger charge is 2.48. The maximum Gasteiger partial charge on any atom is 0.253 e. The van der Waals surface area contributed by atoms with Gasteiger partial charge >= 0.3 is 0 Å². The fraction of sp³-hybridized carbons (Fsp3) is 0.0147. The number of anilines is 18. The van der Waals surface area contributed by atoms with Crippen molar-refractivity contribution in [3.05, 3.63) is 545 Å². The molecule has 150 heavy (non-hydrogen) atoms. The molecule has 14 heteroatoms. The van der Waals surface area contributed by atoms with E-state index in [0.717, 1.165) is 68.4 Å². The van der Waals surface area contributed by atoms with Crippen LogP contribution >= 0.6 is 23.5 Å². The van der Waals surface area contributed by atoms with Crippen LogP contribution in [-0.4, -0.2) is 26.9 Å². The first kappa shape index (κ1) is 89.5. The SMILES string of the molecule is Cc1ccc(N2c3ccc(C)cc3B3c4ccc(N(c5ccccc5)c5ccccc5)cc4N(c4ccccc4)c4cccc2c43)cc1.c1ccc(N(c2ccccc2)c2ccc(-c3cc4c5c(c3)Sc3ccccc3B5c3ccccc3O4)c3ccccc23)cc1.c1ccc(N2c3ccccc3B3c4c2cccc4N(c2ccccc2)c2ccc4ccccc4c23)cc1.c1ccc2c(c1)Oc1cccc3c1B2c1ccccc1S3. The van der Waals surface area contributed by atoms with Crippen LogP contribution in [0.5, 0.6) is 23.0 Å². The zero-order valence-corrected chi connectivity index (χ0v) is 84.1. The molecule has 0 saturated carbocycles. The fourth-order valence-electron chi connectivity index (χ4n) is 24.2. The van der Waals surface area contributed by atoms with E-state index in [0.29, 0.717) is 6.71 Å². The van der Waals surface area contributed by atoms with Gasteiger partial charge in [0.2, 0.25) is 0 Å². The Morgan fingerprint density at radius 1 is 0.200 bits per heavy atom. The Labute approximate surface area is 884 Å². The number of aryl methyl sites for hydroxylation is 2. The zero-order chi connectivity index (χ0) is 99.4. The number of rotatable bonds is 11. The Balaban J connectivity index is 0.0000000990. The smallest absolute Gasteiger partial charge is 0.253 e. The third-order valence-corrected chi connectivity index (χ3v) is 32.9. The minimum atomic E-state index is 0.0821. The lowest BCUT2D eigenvalue weighted by molar-refractivity contribution is 0.486. The molecule has 0 radical (unpaired) electrons. The number of fused-ring (bicyclic) bond motifs is 19. The van der Waals surface area contributed by atoms with Crippen LogP contribution in [0.4, 0.5) is 102 Å². The molecule has 0 saturated heterocycles. The van der Waals surface area contributed by atoms with Crippen LogP contribution in [0.3, 0.4) is 0 Å². The Hall–Kier alpha value is -18.1. The molecule has 8 nitrogen and oxygen atoms in total. The average molecular weight is 1950 g/mol. The maximum absolute atomic E-state index is 6.67. The molecule has 0 N–H and O–H groups in total. The molecular formula is C136H94B4N6O2S2. The largest absolute Gasteiger partial charge is 0.458 e. The predicted molar refractivity (Wildman–Crippen MR) is 637 cm³/mol. The summed E-state index contributed by atoms with van der Waals surface area (Å²) in [5, 5.41) is 5.00. The molecule has 31 rings (SSSR count). The van der Waals surface area contributed by atoms with Crippen molar-refractivity contribution in [1.82, 2.24) is 0 Å². The number of ether oxygens (including phenoxy) is 2. The summed E-state index contributed by atoms with van der Waals surface area (Å²) in [5.74, 6) is 3.87. The molecule has 0 bridgehead atoms. The maximum atomic E-state index is 6.67. The van der Waals surface area contributed by atoms with E-state index in [1.54, 1.807) is 0 Å². The Morgan fingerprint density at radius 2 is 0.587 bits per heavy atom. The molecule has 0 unspecified atom stereocenters. The topological polar surface area (TPSA) is 37.9 Å². The quantitative estimate of drug-likeness (QED) is 0.117. The van der Waals surface area contributed by atoms with Gasteiger partial charge in [0.15, 0.2) is 0 Å². The molecule has 0 spiro atoms. The van der Waals surface area contributed by atoms with Crippen molar-refractivity contribution in [2.24, 2.45) is 0 Å². The average Bonchev–Trinajstić information content (AvgIpc) is 0.696. The molecule has 0 amide bonds. The van der Waals surface area contributed by atoms with Crippen molar-refractivity contribution in [3.8, 4) is 34.1 Å². The number of benzene rings is 23. The second-order valence-electron chi connectivity index (χ2n) is 39.2. The summed E-state index contributed by atoms with van der Waals surface area (Å²) >= 11 is 3.70. The highest BCUT2D eigenvalue weighted by Crippen LogP contribution is 2.52. The van der Waals surface area contributed by atoms with Crippen LogP contribution in [0, 0.1) is 13.8 Å². The summed E-state index contributed by atoms with van der Waals surface area (Å²) in [6.45, 7) is 5.04. The summed E-state index contributed by atoms with van der Waals surface area (Å²) < 4.78 is 12.8. The van der Waals surface area contributed by atoms with Gasteiger partial charge in [-0.15, -0.1) is 0 Å². The third-order valence-electron chi connectivity index (χ3n) is 30.5. The van der Waals surface area contributed by atoms with Gasteiger partial charge in [-0.05, 0) is 302 Å². The fourth-order valence-corrected chi connectivity index (χ4v) is 26.5. The van der Waals surface area contributed by atoms with Gasteiger partial charge in [0, 0.05) is 122 Å². The first-order chi connectivity index (χ1) is 74.3. The molecule has 8 aliphatic rings. The Morgan fingerprint density at radius 3 is 1.17 bits per heavy atom. The van der Waals surface area contributed by atoms with Crippen molar-refractivity contribution >= 4 is 240 Å². The first-order valence-corrected chi connectivity index (χ1v) is 53.2. The normalized spacial score (nSPS) is 12.9. The molecule has 8 aliphatic heterocycles. The first-order valence-electron chi connectivity index (χ1n) is 51.5. The number of hydrogen-bond donors (Lipinski definition) is 0. The number of nitrogens with zero attached hydrogens (tertiary/aromatic N) is 6. The van der Waals surface area contributed by atoms with Gasteiger partial charge < -0.3 is 38.9 Å². The van der Waals surface area contributed by atoms with Crippen molar-refractivity contribution < 1.29 is 9.47 Å². The van der Waals surface area contributed by atoms with Crippen LogP contribution in [0.15, 0.2) is 553 Å². The lowest BCUT2D eigenvalue weighted by Crippen LogP contribution is -2.61. The molecule has 704 valence electrons. The third kappa shape index (κ3) is 15.4. The van der Waals surface area contributed by atoms with E-state index >= 15 is 0 Å². The molecule has 23 aromatic rings. The second-order valence-corrected chi connectivity index (χ2v) is 41.4. The predicted octanol–water partition coefficient (Wildman–Crippen LogP) is 28.6. The van der Waals surface area contributed by atoms with Crippen molar-refractivity contribution in [3.63, 3.8) is 0 Å². The van der Waals surface area contributed by atoms with E-state index in [-0.39, 0.29) is 20.1 Å². The van der Waals surface area contributed by atoms with E-state index in [1.165, 1.54) is 186 Å². The van der Waals surface area contributed by atoms with Crippen LogP contribution in [0.25, 0.3) is 32.7 Å². The minimum Gasteiger partial charge on any atom is -0.458 e. The van der Waals surface area contributed by atoms with Crippen molar-refractivity contribution in [1.29, 1.82) is 0 Å². The zero-order valence-electron chi connectivity index (χ0n) is 82.4. The van der Waals surface area contributed by atoms with Crippen LogP contribution in [0.2, 0.25) is 0 Å². The van der Waals surface area contributed by atoms with Crippen molar-refractivity contribution in [2.45, 2.75) is 33.4 Å². The van der Waals surface area contributed by atoms with Gasteiger partial charge in [0.25, 0.3) is 26.9 Å². The second kappa shape index (κ2) is 37.8. The van der Waals surface area contributed by atoms with E-state index in [4.69, 9.17) is 9.47 Å². The molecule has 23 aromatic carbocycles. The standard InChI is InChI=1S/C44H34BN3.C40H26BNOS.C34H23BN2.C18H11BOS/c1-31-21-24-36(25-22-31)47-40-28-23-32(2)29-39(40)45-38-27-26-37(46(33-13-6-3-7-14-33)34-15-8-4-9-16-34)30-43(38)48(35-17-10-5-11-18-35)42-20-12-19-41(47)44(42)45;1-3-13-28(14-4-1)42(29-15-5-2-6-16-29)35-24-23-30(31-17-7-8-18-32(31)35)27-25-37-40-39(26-27)44-38-22-12-10-20-34(38)41(40)33-19-9-11-21-36(33)43-37;1-3-13-25(14-4-1)36-29-19-10-9-18-28(29)35-33-27-17-8-7-12-24(27)22-23-32(33)37(26-15-5-2-6-16-26)31-21-11-20-30(36)34(31)35;1-3-8-14-12(6-1)19-13-7-2-4-10-16(13)21-17-11-5-9-15(20-14)18(17)19/h3-30H,1-2H3;1-26H;1-23H;1-11H. The molecule has 0 fully saturated rings. The van der Waals surface area contributed by atoms with Gasteiger partial charge in [-0.3, -0.25) is 0 Å². The lowest BCUT2D eigenvalue weighted by atomic mass is 9.33. The molecule has 0 atom stereocenters. The minimum absolute atomic E-state index is 0.0821. The van der Waals surface area contributed by atoms with E-state index in [9.17, 15) is 0 Å². The van der Waals surface area contributed by atoms with Gasteiger partial charge in [0.05, 0.1) is 5.69 Å². The molecule has 0 aromatic heterocycles. The van der Waals surface area contributed by atoms with E-state index in [1.807, 2.05) is 29.6 Å². The Kier molecular flexibility index (Phi) is 22.5. The highest BCUT2D eigenvalue weighted by molar-refractivity contribution is 8.00. The summed E-state index contributed by atoms with van der Waals surface area (Å²) in [5.41, 5.74) is 42.1. The van der Waals surface area contributed by atoms with E-state index in [2.05, 4.69) is 571 Å². The molecule has 8 heterocycles. The van der Waals surface area contributed by atoms with Crippen molar-refractivity contribution in [2.75, 3.05) is 29.4 Å². The highest BCUT2D eigenvalue weighted by atomic mass is 32.2. The summed E-state index contributed by atoms with van der Waals surface area (Å²) in [7, 11) is 0. The van der Waals surface area contributed by atoms with Gasteiger partial charge in [-0.25, -0.2) is 0 Å². The molecular weight excluding hydrogens is 1860 g/mol. The number of para-hydroxylation sites is 10. The van der Waals surface area contributed by atoms with Gasteiger partial charge in [-0.2, -0.15) is 0 Å². The molecule has 0 aliphatic carbocycles. The van der Waals surface area contributed by atoms with Crippen LogP contribution < -0.4 is 104 Å². The van der Waals surface area contributed by atoms with E-state index < -0.39 is 0 Å².